The van der Waals surface area contributed by atoms with Gasteiger partial charge in [-0.15, -0.1) is 0 Å². The van der Waals surface area contributed by atoms with Crippen LogP contribution in [0.15, 0.2) is 30.6 Å². The summed E-state index contributed by atoms with van der Waals surface area (Å²) in [5.74, 6) is 0.269. The van der Waals surface area contributed by atoms with Gasteiger partial charge in [-0.3, -0.25) is 14.5 Å². The predicted octanol–water partition coefficient (Wildman–Crippen LogP) is 3.04. The third kappa shape index (κ3) is 7.89. The summed E-state index contributed by atoms with van der Waals surface area (Å²) in [6, 6.07) is 5.08. The standard InChI is InChI=1S/C31H45N5O6/c1-6-7-14-34(15-9-16-36(2,3)4)28(37)20-35-19-23(22-17-25(40-5)30-26(18-22)41-21-42-30)29(31(38)39)24(35)10-11-27-32-12-8-13-33-27/h8,12-13,17-18,23-24,29H,6-7,9-11,14-16,19-21H2,1-5H3/p+1/t23-,24+,29?/m1/s1. The lowest BCUT2D eigenvalue weighted by atomic mass is 9.83. The summed E-state index contributed by atoms with van der Waals surface area (Å²) in [6.45, 7) is 5.16. The van der Waals surface area contributed by atoms with Gasteiger partial charge < -0.3 is 28.7 Å². The molecular formula is C31H46N5O6+. The molecule has 230 valence electrons. The number of aryl methyl sites for hydroxylation is 1. The van der Waals surface area contributed by atoms with Gasteiger partial charge in [-0.05, 0) is 36.6 Å². The molecule has 1 fully saturated rings. The highest BCUT2D eigenvalue weighted by atomic mass is 16.7. The Bertz CT molecular complexity index is 1200. The van der Waals surface area contributed by atoms with Crippen molar-refractivity contribution in [3.63, 3.8) is 0 Å². The normalized spacial score (nSPS) is 20.1. The molecule has 1 aromatic heterocycles. The number of hydrogen-bond donors (Lipinski definition) is 1. The van der Waals surface area contributed by atoms with Gasteiger partial charge in [-0.25, -0.2) is 9.97 Å². The van der Waals surface area contributed by atoms with Crippen LogP contribution in [0.4, 0.5) is 0 Å². The number of ether oxygens (including phenoxy) is 3. The molecule has 1 saturated heterocycles. The molecule has 3 atom stereocenters. The van der Waals surface area contributed by atoms with Crippen molar-refractivity contribution in [1.82, 2.24) is 19.8 Å². The molecule has 0 radical (unpaired) electrons. The number of nitrogens with zero attached hydrogens (tertiary/aromatic N) is 5. The minimum Gasteiger partial charge on any atom is -0.493 e. The third-order valence-corrected chi connectivity index (χ3v) is 8.15. The molecule has 2 aromatic rings. The zero-order valence-electron chi connectivity index (χ0n) is 25.6. The van der Waals surface area contributed by atoms with E-state index < -0.39 is 11.9 Å². The molecular weight excluding hydrogens is 538 g/mol. The van der Waals surface area contributed by atoms with E-state index in [0.29, 0.717) is 55.5 Å². The van der Waals surface area contributed by atoms with E-state index in [1.165, 1.54) is 0 Å². The Balaban J connectivity index is 1.61. The van der Waals surface area contributed by atoms with E-state index in [9.17, 15) is 14.7 Å². The summed E-state index contributed by atoms with van der Waals surface area (Å²) in [4.78, 5) is 39.4. The number of unbranched alkanes of at least 4 members (excludes halogenated alkanes) is 1. The number of methoxy groups -OCH3 is 1. The molecule has 1 N–H and O–H groups in total. The molecule has 1 aromatic carbocycles. The molecule has 11 heteroatoms. The van der Waals surface area contributed by atoms with Gasteiger partial charge in [0.15, 0.2) is 11.5 Å². The predicted molar refractivity (Wildman–Crippen MR) is 158 cm³/mol. The number of fused-ring (bicyclic) bond motifs is 1. The number of quaternary nitrogens is 1. The van der Waals surface area contributed by atoms with Crippen LogP contribution in [-0.4, -0.2) is 115 Å². The number of carboxylic acid groups (broad SMARTS) is 1. The van der Waals surface area contributed by atoms with Crippen molar-refractivity contribution in [2.75, 3.05) is 67.8 Å². The van der Waals surface area contributed by atoms with Crippen LogP contribution in [0.1, 0.15) is 49.9 Å². The van der Waals surface area contributed by atoms with Gasteiger partial charge in [-0.1, -0.05) is 13.3 Å². The van der Waals surface area contributed by atoms with Gasteiger partial charge in [0, 0.05) is 56.8 Å². The van der Waals surface area contributed by atoms with Gasteiger partial charge in [0.25, 0.3) is 0 Å². The minimum atomic E-state index is -0.892. The van der Waals surface area contributed by atoms with Crippen LogP contribution in [0, 0.1) is 5.92 Å². The molecule has 4 rings (SSSR count). The van der Waals surface area contributed by atoms with Crippen molar-refractivity contribution in [3.8, 4) is 17.2 Å². The zero-order chi connectivity index (χ0) is 30.3. The maximum Gasteiger partial charge on any atom is 0.308 e. The summed E-state index contributed by atoms with van der Waals surface area (Å²) in [7, 11) is 8.02. The Labute approximate surface area is 249 Å². The summed E-state index contributed by atoms with van der Waals surface area (Å²) in [6.07, 6.45) is 7.25. The van der Waals surface area contributed by atoms with Gasteiger partial charge in [0.1, 0.15) is 5.82 Å². The molecule has 0 spiro atoms. The number of aliphatic carboxylic acids is 1. The number of hydrogen-bond acceptors (Lipinski definition) is 8. The maximum atomic E-state index is 13.8. The number of carboxylic acids is 1. The number of carbonyl (C=O) groups excluding carboxylic acids is 1. The van der Waals surface area contributed by atoms with Crippen LogP contribution in [0.5, 0.6) is 17.2 Å². The Morgan fingerprint density at radius 1 is 1.14 bits per heavy atom. The SMILES string of the molecule is CCCCN(CCC[N+](C)(C)C)C(=O)CN1C[C@H](c2cc(OC)c3c(c2)OCO3)C(C(=O)O)[C@@H]1CCc1ncccn1. The second-order valence-electron chi connectivity index (χ2n) is 12.2. The lowest BCUT2D eigenvalue weighted by molar-refractivity contribution is -0.870. The third-order valence-electron chi connectivity index (χ3n) is 8.15. The van der Waals surface area contributed by atoms with E-state index >= 15 is 0 Å². The Morgan fingerprint density at radius 2 is 1.88 bits per heavy atom. The highest BCUT2D eigenvalue weighted by molar-refractivity contribution is 5.79. The largest absolute Gasteiger partial charge is 0.493 e. The molecule has 11 nitrogen and oxygen atoms in total. The summed E-state index contributed by atoms with van der Waals surface area (Å²) in [5.41, 5.74) is 0.796. The average Bonchev–Trinajstić information content (AvgIpc) is 3.58. The van der Waals surface area contributed by atoms with Crippen molar-refractivity contribution in [3.05, 3.63) is 42.0 Å². The molecule has 1 unspecified atom stereocenters. The fourth-order valence-electron chi connectivity index (χ4n) is 6.01. The van der Waals surface area contributed by atoms with E-state index in [4.69, 9.17) is 14.2 Å². The fraction of sp³-hybridized carbons (Fsp3) is 0.613. The topological polar surface area (TPSA) is 114 Å². The molecule has 3 heterocycles. The number of amides is 1. The molecule has 0 saturated carbocycles. The first-order valence-electron chi connectivity index (χ1n) is 14.9. The van der Waals surface area contributed by atoms with E-state index in [2.05, 4.69) is 42.9 Å². The minimum absolute atomic E-state index is 0.0406. The second-order valence-corrected chi connectivity index (χ2v) is 12.2. The van der Waals surface area contributed by atoms with Crippen LogP contribution in [-0.2, 0) is 16.0 Å². The maximum absolute atomic E-state index is 13.8. The number of carbonyl (C=O) groups is 2. The quantitative estimate of drug-likeness (QED) is 0.316. The first-order valence-corrected chi connectivity index (χ1v) is 14.9. The molecule has 0 aliphatic carbocycles. The van der Waals surface area contributed by atoms with E-state index in [1.54, 1.807) is 25.6 Å². The van der Waals surface area contributed by atoms with Gasteiger partial charge >= 0.3 is 5.97 Å². The Hall–Kier alpha value is -3.44. The van der Waals surface area contributed by atoms with Crippen molar-refractivity contribution >= 4 is 11.9 Å². The van der Waals surface area contributed by atoms with Crippen molar-refractivity contribution in [2.24, 2.45) is 5.92 Å². The summed E-state index contributed by atoms with van der Waals surface area (Å²) >= 11 is 0. The summed E-state index contributed by atoms with van der Waals surface area (Å²) < 4.78 is 17.6. The zero-order valence-corrected chi connectivity index (χ0v) is 25.6. The number of benzene rings is 1. The number of likely N-dealkylation sites (tertiary alicyclic amines) is 1. The number of rotatable bonds is 15. The molecule has 42 heavy (non-hydrogen) atoms. The van der Waals surface area contributed by atoms with Gasteiger partial charge in [0.2, 0.25) is 18.4 Å². The second kappa shape index (κ2) is 14.2. The first-order chi connectivity index (χ1) is 20.1. The molecule has 2 aliphatic rings. The lowest BCUT2D eigenvalue weighted by Gasteiger charge is -2.30. The van der Waals surface area contributed by atoms with Crippen LogP contribution in [0.25, 0.3) is 0 Å². The Morgan fingerprint density at radius 3 is 2.55 bits per heavy atom. The Kier molecular flexibility index (Phi) is 10.6. The monoisotopic (exact) mass is 584 g/mol. The van der Waals surface area contributed by atoms with Crippen molar-refractivity contribution in [1.29, 1.82) is 0 Å². The number of aromatic nitrogens is 2. The average molecular weight is 585 g/mol. The highest BCUT2D eigenvalue weighted by Crippen LogP contribution is 2.47. The van der Waals surface area contributed by atoms with Gasteiger partial charge in [-0.2, -0.15) is 0 Å². The van der Waals surface area contributed by atoms with E-state index in [-0.39, 0.29) is 31.2 Å². The van der Waals surface area contributed by atoms with E-state index in [1.807, 2.05) is 17.0 Å². The van der Waals surface area contributed by atoms with Crippen LogP contribution < -0.4 is 14.2 Å². The molecule has 0 bridgehead atoms. The van der Waals surface area contributed by atoms with Crippen LogP contribution >= 0.6 is 0 Å². The lowest BCUT2D eigenvalue weighted by Crippen LogP contribution is -2.45. The van der Waals surface area contributed by atoms with Crippen LogP contribution in [0.3, 0.4) is 0 Å². The van der Waals surface area contributed by atoms with Crippen LogP contribution in [0.2, 0.25) is 0 Å². The van der Waals surface area contributed by atoms with Crippen molar-refractivity contribution in [2.45, 2.75) is 51.0 Å². The molecule has 1 amide bonds. The fourth-order valence-corrected chi connectivity index (χ4v) is 6.01. The van der Waals surface area contributed by atoms with Crippen molar-refractivity contribution < 1.29 is 33.4 Å². The highest BCUT2D eigenvalue weighted by Gasteiger charge is 2.47. The van der Waals surface area contributed by atoms with Gasteiger partial charge in [0.05, 0.1) is 47.3 Å². The molecule has 2 aliphatic heterocycles. The summed E-state index contributed by atoms with van der Waals surface area (Å²) in [5, 5.41) is 10.6. The first kappa shape index (κ1) is 31.5. The smallest absolute Gasteiger partial charge is 0.308 e. The van der Waals surface area contributed by atoms with E-state index in [0.717, 1.165) is 35.9 Å².